The lowest BCUT2D eigenvalue weighted by molar-refractivity contribution is -0.0818. The summed E-state index contributed by atoms with van der Waals surface area (Å²) in [6.07, 6.45) is 0.107. The van der Waals surface area contributed by atoms with Gasteiger partial charge in [0.05, 0.1) is 36.1 Å². The first-order chi connectivity index (χ1) is 8.81. The van der Waals surface area contributed by atoms with E-state index in [1.54, 1.807) is 11.3 Å². The number of hydrogen-bond acceptors (Lipinski definition) is 6. The summed E-state index contributed by atoms with van der Waals surface area (Å²) in [6, 6.07) is 5.74. The first kappa shape index (κ1) is 11.7. The van der Waals surface area contributed by atoms with Crippen molar-refractivity contribution in [2.24, 2.45) is 0 Å². The van der Waals surface area contributed by atoms with E-state index in [1.165, 1.54) is 0 Å². The number of nitrogens with zero attached hydrogens (tertiary/aromatic N) is 1. The molecule has 3 rings (SSSR count). The second-order valence-electron chi connectivity index (χ2n) is 4.19. The predicted octanol–water partition coefficient (Wildman–Crippen LogP) is 1.71. The van der Waals surface area contributed by atoms with Crippen LogP contribution in [-0.4, -0.2) is 37.5 Å². The number of benzene rings is 1. The van der Waals surface area contributed by atoms with Gasteiger partial charge in [0.1, 0.15) is 0 Å². The average molecular weight is 265 g/mol. The van der Waals surface area contributed by atoms with Crippen molar-refractivity contribution in [3.63, 3.8) is 0 Å². The maximum absolute atomic E-state index is 5.75. The van der Waals surface area contributed by atoms with Crippen LogP contribution in [0.15, 0.2) is 18.2 Å². The van der Waals surface area contributed by atoms with Crippen LogP contribution in [0.2, 0.25) is 0 Å². The van der Waals surface area contributed by atoms with Crippen molar-refractivity contribution in [3.8, 4) is 0 Å². The maximum Gasteiger partial charge on any atom is 0.183 e. The molecule has 0 aliphatic carbocycles. The number of ether oxygens (including phenoxy) is 2. The summed E-state index contributed by atoms with van der Waals surface area (Å²) < 4.78 is 12.0. The van der Waals surface area contributed by atoms with Gasteiger partial charge in [-0.1, -0.05) is 11.3 Å². The quantitative estimate of drug-likeness (QED) is 0.827. The van der Waals surface area contributed by atoms with Crippen LogP contribution >= 0.6 is 11.3 Å². The normalized spacial score (nSPS) is 20.1. The van der Waals surface area contributed by atoms with Crippen LogP contribution in [0.25, 0.3) is 10.2 Å². The van der Waals surface area contributed by atoms with Crippen molar-refractivity contribution >= 4 is 32.4 Å². The van der Waals surface area contributed by atoms with E-state index in [0.29, 0.717) is 19.8 Å². The molecular formula is C12H15N3O2S. The van der Waals surface area contributed by atoms with Gasteiger partial charge in [0, 0.05) is 12.2 Å². The highest BCUT2D eigenvalue weighted by Gasteiger charge is 2.14. The van der Waals surface area contributed by atoms with Gasteiger partial charge >= 0.3 is 0 Å². The molecule has 5 nitrogen and oxygen atoms in total. The monoisotopic (exact) mass is 265 g/mol. The number of fused-ring (bicyclic) bond motifs is 1. The molecule has 0 radical (unpaired) electrons. The minimum absolute atomic E-state index is 0.107. The number of nitrogens with two attached hydrogens (primary N) is 1. The summed E-state index contributed by atoms with van der Waals surface area (Å²) in [7, 11) is 0. The first-order valence-corrected chi connectivity index (χ1v) is 6.72. The lowest BCUT2D eigenvalue weighted by Gasteiger charge is -2.22. The third-order valence-electron chi connectivity index (χ3n) is 2.78. The van der Waals surface area contributed by atoms with Gasteiger partial charge in [0.25, 0.3) is 0 Å². The predicted molar refractivity (Wildman–Crippen MR) is 73.1 cm³/mol. The van der Waals surface area contributed by atoms with Crippen molar-refractivity contribution in [3.05, 3.63) is 18.2 Å². The van der Waals surface area contributed by atoms with Crippen molar-refractivity contribution in [2.45, 2.75) is 6.10 Å². The number of rotatable bonds is 3. The number of aromatic nitrogens is 1. The molecule has 18 heavy (non-hydrogen) atoms. The fourth-order valence-corrected chi connectivity index (χ4v) is 2.79. The lowest BCUT2D eigenvalue weighted by atomic mass is 10.3. The highest BCUT2D eigenvalue weighted by molar-refractivity contribution is 7.22. The van der Waals surface area contributed by atoms with Crippen LogP contribution in [0.4, 0.5) is 10.8 Å². The molecule has 1 atom stereocenters. The Bertz CT molecular complexity index is 537. The molecule has 2 heterocycles. The first-order valence-electron chi connectivity index (χ1n) is 5.90. The molecule has 1 fully saturated rings. The molecule has 1 unspecified atom stereocenters. The molecular weight excluding hydrogens is 250 g/mol. The fourth-order valence-electron chi connectivity index (χ4n) is 1.87. The van der Waals surface area contributed by atoms with Crippen LogP contribution in [0.5, 0.6) is 0 Å². The molecule has 3 N–H and O–H groups in total. The van der Waals surface area contributed by atoms with Gasteiger partial charge in [-0.05, 0) is 18.2 Å². The Balaban J connectivity index is 1.67. The molecule has 1 aliphatic heterocycles. The van der Waals surface area contributed by atoms with Gasteiger partial charge in [0.15, 0.2) is 5.13 Å². The molecule has 1 aromatic carbocycles. The molecule has 1 aliphatic rings. The number of anilines is 2. The van der Waals surface area contributed by atoms with Crippen LogP contribution in [0.1, 0.15) is 0 Å². The van der Waals surface area contributed by atoms with E-state index >= 15 is 0 Å². The summed E-state index contributed by atoms with van der Waals surface area (Å²) in [6.45, 7) is 2.72. The van der Waals surface area contributed by atoms with E-state index in [4.69, 9.17) is 15.2 Å². The Kier molecular flexibility index (Phi) is 3.31. The third kappa shape index (κ3) is 2.55. The lowest BCUT2D eigenvalue weighted by Crippen LogP contribution is -2.34. The molecule has 1 aromatic heterocycles. The molecule has 0 saturated carbocycles. The standard InChI is InChI=1S/C12H15N3O2S/c13-8-1-2-10-11(5-8)18-12(15-10)14-6-9-7-16-3-4-17-9/h1-2,5,9H,3-4,6-7,13H2,(H,14,15). The van der Waals surface area contributed by atoms with Gasteiger partial charge in [0.2, 0.25) is 0 Å². The maximum atomic E-state index is 5.75. The molecule has 0 amide bonds. The minimum atomic E-state index is 0.107. The zero-order valence-electron chi connectivity index (χ0n) is 9.89. The van der Waals surface area contributed by atoms with Gasteiger partial charge in [-0.15, -0.1) is 0 Å². The largest absolute Gasteiger partial charge is 0.399 e. The summed E-state index contributed by atoms with van der Waals surface area (Å²) in [5.41, 5.74) is 7.48. The SMILES string of the molecule is Nc1ccc2nc(NCC3COCCO3)sc2c1. The number of nitrogen functional groups attached to an aromatic ring is 1. The Morgan fingerprint density at radius 2 is 2.39 bits per heavy atom. The second-order valence-corrected chi connectivity index (χ2v) is 5.23. The number of hydrogen-bond donors (Lipinski definition) is 2. The Morgan fingerprint density at radius 3 is 3.22 bits per heavy atom. The minimum Gasteiger partial charge on any atom is -0.399 e. The van der Waals surface area contributed by atoms with Gasteiger partial charge in [-0.2, -0.15) is 0 Å². The Morgan fingerprint density at radius 1 is 1.44 bits per heavy atom. The molecule has 0 bridgehead atoms. The van der Waals surface area contributed by atoms with E-state index in [-0.39, 0.29) is 6.10 Å². The zero-order valence-corrected chi connectivity index (χ0v) is 10.7. The van der Waals surface area contributed by atoms with E-state index in [0.717, 1.165) is 27.6 Å². The molecule has 0 spiro atoms. The highest BCUT2D eigenvalue weighted by atomic mass is 32.1. The number of nitrogens with one attached hydrogen (secondary N) is 1. The summed E-state index contributed by atoms with van der Waals surface area (Å²) in [5.74, 6) is 0. The van der Waals surface area contributed by atoms with Crippen LogP contribution in [0.3, 0.4) is 0 Å². The van der Waals surface area contributed by atoms with Crippen LogP contribution in [-0.2, 0) is 9.47 Å². The summed E-state index contributed by atoms with van der Waals surface area (Å²) in [4.78, 5) is 4.49. The fraction of sp³-hybridized carbons (Fsp3) is 0.417. The average Bonchev–Trinajstić information content (AvgIpc) is 2.79. The summed E-state index contributed by atoms with van der Waals surface area (Å²) in [5, 5.41) is 4.18. The van der Waals surface area contributed by atoms with E-state index in [2.05, 4.69) is 10.3 Å². The van der Waals surface area contributed by atoms with Crippen molar-refractivity contribution in [2.75, 3.05) is 37.4 Å². The molecule has 2 aromatic rings. The molecule has 6 heteroatoms. The van der Waals surface area contributed by atoms with E-state index in [9.17, 15) is 0 Å². The van der Waals surface area contributed by atoms with Gasteiger partial charge in [-0.3, -0.25) is 0 Å². The van der Waals surface area contributed by atoms with Crippen molar-refractivity contribution in [1.29, 1.82) is 0 Å². The second kappa shape index (κ2) is 5.09. The number of thiazole rings is 1. The molecule has 1 saturated heterocycles. The summed E-state index contributed by atoms with van der Waals surface area (Å²) >= 11 is 1.60. The zero-order chi connectivity index (χ0) is 12.4. The van der Waals surface area contributed by atoms with Crippen molar-refractivity contribution < 1.29 is 9.47 Å². The Labute approximate surface area is 109 Å². The van der Waals surface area contributed by atoms with Crippen LogP contribution < -0.4 is 11.1 Å². The van der Waals surface area contributed by atoms with E-state index < -0.39 is 0 Å². The molecule has 96 valence electrons. The third-order valence-corrected chi connectivity index (χ3v) is 3.75. The Hall–Kier alpha value is -1.37. The van der Waals surface area contributed by atoms with Gasteiger partial charge < -0.3 is 20.5 Å². The van der Waals surface area contributed by atoms with E-state index in [1.807, 2.05) is 18.2 Å². The smallest absolute Gasteiger partial charge is 0.183 e. The topological polar surface area (TPSA) is 69.4 Å². The van der Waals surface area contributed by atoms with Gasteiger partial charge in [-0.25, -0.2) is 4.98 Å². The van der Waals surface area contributed by atoms with Crippen molar-refractivity contribution in [1.82, 2.24) is 4.98 Å². The van der Waals surface area contributed by atoms with Crippen LogP contribution in [0, 0.1) is 0 Å². The highest BCUT2D eigenvalue weighted by Crippen LogP contribution is 2.27.